The molecule has 2 N–H and O–H groups in total. The number of benzene rings is 2. The zero-order valence-electron chi connectivity index (χ0n) is 16.2. The van der Waals surface area contributed by atoms with Crippen LogP contribution in [0.4, 0.5) is 11.4 Å². The Morgan fingerprint density at radius 1 is 1.15 bits per heavy atom. The molecule has 0 radical (unpaired) electrons. The number of hydrogen-bond donors (Lipinski definition) is 2. The highest BCUT2D eigenvalue weighted by Gasteiger charge is 2.22. The Morgan fingerprint density at radius 3 is 2.59 bits per heavy atom. The number of nitrogens with zero attached hydrogens (tertiary/aromatic N) is 1. The van der Waals surface area contributed by atoms with Crippen LogP contribution in [-0.4, -0.2) is 17.6 Å². The van der Waals surface area contributed by atoms with Gasteiger partial charge in [-0.25, -0.2) is 0 Å². The van der Waals surface area contributed by atoms with Gasteiger partial charge in [0.15, 0.2) is 5.11 Å². The zero-order chi connectivity index (χ0) is 19.4. The van der Waals surface area contributed by atoms with E-state index in [0.29, 0.717) is 17.5 Å². The largest absolute Gasteiger partial charge is 0.355 e. The van der Waals surface area contributed by atoms with E-state index in [1.165, 1.54) is 11.1 Å². The molecule has 1 fully saturated rings. The number of rotatable bonds is 5. The van der Waals surface area contributed by atoms with Crippen molar-refractivity contribution in [3.05, 3.63) is 59.7 Å². The van der Waals surface area contributed by atoms with Gasteiger partial charge >= 0.3 is 0 Å². The minimum atomic E-state index is 0.134. The van der Waals surface area contributed by atoms with E-state index in [0.717, 1.165) is 24.3 Å². The van der Waals surface area contributed by atoms with Crippen molar-refractivity contribution >= 4 is 34.6 Å². The summed E-state index contributed by atoms with van der Waals surface area (Å²) in [7, 11) is 0. The molecular weight excluding hydrogens is 354 g/mol. The standard InChI is InChI=1S/C22H27N3OS/c1-15(2)21(19-11-5-4-8-16(19)3)24-22(27)23-17-9-6-10-18(14-17)25-13-7-12-20(25)26/h4-6,8-11,14-15,21H,7,12-13H2,1-3H3,(H2,23,24,27). The van der Waals surface area contributed by atoms with Crippen LogP contribution in [-0.2, 0) is 4.79 Å². The molecule has 1 atom stereocenters. The molecule has 1 aliphatic rings. The third kappa shape index (κ3) is 4.66. The quantitative estimate of drug-likeness (QED) is 0.730. The fourth-order valence-corrected chi connectivity index (χ4v) is 3.77. The van der Waals surface area contributed by atoms with Crippen LogP contribution >= 0.6 is 12.2 Å². The van der Waals surface area contributed by atoms with Gasteiger partial charge in [-0.15, -0.1) is 0 Å². The second-order valence-corrected chi connectivity index (χ2v) is 7.78. The van der Waals surface area contributed by atoms with Crippen LogP contribution in [0, 0.1) is 12.8 Å². The average molecular weight is 382 g/mol. The summed E-state index contributed by atoms with van der Waals surface area (Å²) in [5.74, 6) is 0.576. The Kier molecular flexibility index (Phi) is 6.11. The van der Waals surface area contributed by atoms with Gasteiger partial charge in [-0.3, -0.25) is 4.79 Å². The summed E-state index contributed by atoms with van der Waals surface area (Å²) in [5.41, 5.74) is 4.32. The lowest BCUT2D eigenvalue weighted by Gasteiger charge is -2.26. The fraction of sp³-hybridized carbons (Fsp3) is 0.364. The predicted molar refractivity (Wildman–Crippen MR) is 116 cm³/mol. The second-order valence-electron chi connectivity index (χ2n) is 7.38. The van der Waals surface area contributed by atoms with Crippen LogP contribution in [0.5, 0.6) is 0 Å². The Balaban J connectivity index is 1.71. The van der Waals surface area contributed by atoms with Crippen LogP contribution < -0.4 is 15.5 Å². The van der Waals surface area contributed by atoms with Crippen molar-refractivity contribution in [3.63, 3.8) is 0 Å². The molecule has 5 heteroatoms. The Bertz CT molecular complexity index is 834. The van der Waals surface area contributed by atoms with Crippen molar-refractivity contribution in [1.29, 1.82) is 0 Å². The molecule has 4 nitrogen and oxygen atoms in total. The molecule has 1 aliphatic heterocycles. The maximum absolute atomic E-state index is 12.0. The lowest BCUT2D eigenvalue weighted by molar-refractivity contribution is -0.117. The molecule has 142 valence electrons. The highest BCUT2D eigenvalue weighted by molar-refractivity contribution is 7.80. The summed E-state index contributed by atoms with van der Waals surface area (Å²) in [4.78, 5) is 13.8. The van der Waals surface area contributed by atoms with Crippen LogP contribution in [0.3, 0.4) is 0 Å². The van der Waals surface area contributed by atoms with Crippen LogP contribution in [0.1, 0.15) is 43.9 Å². The normalized spacial score (nSPS) is 15.1. The Hall–Kier alpha value is -2.40. The number of nitrogens with one attached hydrogen (secondary N) is 2. The molecule has 1 unspecified atom stereocenters. The predicted octanol–water partition coefficient (Wildman–Crippen LogP) is 4.81. The Morgan fingerprint density at radius 2 is 1.93 bits per heavy atom. The van der Waals surface area contributed by atoms with Gasteiger partial charge in [0.1, 0.15) is 0 Å². The molecule has 0 aliphatic carbocycles. The molecule has 1 heterocycles. The molecule has 0 aromatic heterocycles. The van der Waals surface area contributed by atoms with Gasteiger partial charge < -0.3 is 15.5 Å². The molecule has 0 saturated carbocycles. The highest BCUT2D eigenvalue weighted by atomic mass is 32.1. The summed E-state index contributed by atoms with van der Waals surface area (Å²) in [6, 6.07) is 16.4. The van der Waals surface area contributed by atoms with Gasteiger partial charge in [-0.1, -0.05) is 44.2 Å². The average Bonchev–Trinajstić information content (AvgIpc) is 3.06. The minimum absolute atomic E-state index is 0.134. The fourth-order valence-electron chi connectivity index (χ4n) is 3.52. The summed E-state index contributed by atoms with van der Waals surface area (Å²) >= 11 is 5.57. The summed E-state index contributed by atoms with van der Waals surface area (Å²) in [6.07, 6.45) is 1.55. The molecule has 2 aromatic carbocycles. The maximum Gasteiger partial charge on any atom is 0.227 e. The first-order chi connectivity index (χ1) is 13.0. The number of amides is 1. The minimum Gasteiger partial charge on any atom is -0.355 e. The van der Waals surface area contributed by atoms with Gasteiger partial charge in [0.05, 0.1) is 6.04 Å². The van der Waals surface area contributed by atoms with Crippen molar-refractivity contribution in [2.24, 2.45) is 5.92 Å². The number of hydrogen-bond acceptors (Lipinski definition) is 2. The van der Waals surface area contributed by atoms with Gasteiger partial charge in [-0.05, 0) is 60.8 Å². The molecule has 0 spiro atoms. The lowest BCUT2D eigenvalue weighted by atomic mass is 9.93. The van der Waals surface area contributed by atoms with Crippen molar-refractivity contribution in [3.8, 4) is 0 Å². The first-order valence-corrected chi connectivity index (χ1v) is 9.90. The van der Waals surface area contributed by atoms with E-state index in [1.807, 2.05) is 29.2 Å². The summed E-state index contributed by atoms with van der Waals surface area (Å²) < 4.78 is 0. The smallest absolute Gasteiger partial charge is 0.227 e. The maximum atomic E-state index is 12.0. The van der Waals surface area contributed by atoms with Gasteiger partial charge in [0.25, 0.3) is 0 Å². The van der Waals surface area contributed by atoms with E-state index in [4.69, 9.17) is 12.2 Å². The third-order valence-electron chi connectivity index (χ3n) is 4.97. The second kappa shape index (κ2) is 8.53. The molecule has 27 heavy (non-hydrogen) atoms. The first kappa shape index (κ1) is 19.4. The number of thiocarbonyl (C=S) groups is 1. The van der Waals surface area contributed by atoms with E-state index in [2.05, 4.69) is 55.7 Å². The van der Waals surface area contributed by atoms with E-state index >= 15 is 0 Å². The topological polar surface area (TPSA) is 44.4 Å². The molecule has 2 aromatic rings. The highest BCUT2D eigenvalue weighted by Crippen LogP contribution is 2.26. The third-order valence-corrected chi connectivity index (χ3v) is 5.19. The van der Waals surface area contributed by atoms with Crippen molar-refractivity contribution < 1.29 is 4.79 Å². The van der Waals surface area contributed by atoms with Crippen LogP contribution in [0.25, 0.3) is 0 Å². The van der Waals surface area contributed by atoms with E-state index in [9.17, 15) is 4.79 Å². The number of carbonyl (C=O) groups excluding carboxylic acids is 1. The van der Waals surface area contributed by atoms with Crippen LogP contribution in [0.15, 0.2) is 48.5 Å². The lowest BCUT2D eigenvalue weighted by Crippen LogP contribution is -2.35. The summed E-state index contributed by atoms with van der Waals surface area (Å²) in [6.45, 7) is 7.28. The van der Waals surface area contributed by atoms with Crippen LogP contribution in [0.2, 0.25) is 0 Å². The van der Waals surface area contributed by atoms with Crippen molar-refractivity contribution in [2.75, 3.05) is 16.8 Å². The first-order valence-electron chi connectivity index (χ1n) is 9.49. The van der Waals surface area contributed by atoms with Crippen molar-refractivity contribution in [1.82, 2.24) is 5.32 Å². The van der Waals surface area contributed by atoms with Gasteiger partial charge in [-0.2, -0.15) is 0 Å². The Labute approximate surface area is 167 Å². The monoisotopic (exact) mass is 381 g/mol. The number of carbonyl (C=O) groups is 1. The summed E-state index contributed by atoms with van der Waals surface area (Å²) in [5, 5.41) is 7.32. The molecule has 1 saturated heterocycles. The van der Waals surface area contributed by atoms with Gasteiger partial charge in [0.2, 0.25) is 5.91 Å². The van der Waals surface area contributed by atoms with Crippen molar-refractivity contribution in [2.45, 2.75) is 39.7 Å². The van der Waals surface area contributed by atoms with E-state index < -0.39 is 0 Å². The zero-order valence-corrected chi connectivity index (χ0v) is 17.0. The SMILES string of the molecule is Cc1ccccc1C(NC(=S)Nc1cccc(N2CCCC2=O)c1)C(C)C. The van der Waals surface area contributed by atoms with E-state index in [1.54, 1.807) is 0 Å². The van der Waals surface area contributed by atoms with E-state index in [-0.39, 0.29) is 11.9 Å². The number of anilines is 2. The molecule has 1 amide bonds. The number of aryl methyl sites for hydroxylation is 1. The molecule has 0 bridgehead atoms. The van der Waals surface area contributed by atoms with Gasteiger partial charge in [0, 0.05) is 24.3 Å². The molecular formula is C22H27N3OS. The molecule has 3 rings (SSSR count).